The van der Waals surface area contributed by atoms with Gasteiger partial charge < -0.3 is 9.88 Å². The quantitative estimate of drug-likeness (QED) is 0.851. The molecule has 1 aromatic carbocycles. The van der Waals surface area contributed by atoms with Crippen LogP contribution in [0.3, 0.4) is 0 Å². The fourth-order valence-corrected chi connectivity index (χ4v) is 2.49. The Morgan fingerprint density at radius 1 is 1.20 bits per heavy atom. The molecule has 1 atom stereocenters. The lowest BCUT2D eigenvalue weighted by Crippen LogP contribution is -2.13. The van der Waals surface area contributed by atoms with Crippen LogP contribution in [0.1, 0.15) is 38.1 Å². The van der Waals surface area contributed by atoms with Crippen LogP contribution < -0.4 is 5.32 Å². The van der Waals surface area contributed by atoms with E-state index in [-0.39, 0.29) is 6.04 Å². The van der Waals surface area contributed by atoms with Gasteiger partial charge in [0.1, 0.15) is 0 Å². The molecule has 1 unspecified atom stereocenters. The summed E-state index contributed by atoms with van der Waals surface area (Å²) >= 11 is 3.47. The van der Waals surface area contributed by atoms with Gasteiger partial charge in [-0.05, 0) is 37.5 Å². The van der Waals surface area contributed by atoms with Crippen LogP contribution in [0.15, 0.2) is 34.9 Å². The van der Waals surface area contributed by atoms with Gasteiger partial charge in [-0.15, -0.1) is 0 Å². The second-order valence-corrected chi connectivity index (χ2v) is 6.59. The zero-order valence-corrected chi connectivity index (χ0v) is 14.1. The van der Waals surface area contributed by atoms with Crippen LogP contribution >= 0.6 is 15.9 Å². The van der Waals surface area contributed by atoms with Crippen molar-refractivity contribution < 1.29 is 0 Å². The second-order valence-electron chi connectivity index (χ2n) is 5.67. The van der Waals surface area contributed by atoms with E-state index in [2.05, 4.69) is 82.0 Å². The van der Waals surface area contributed by atoms with Crippen molar-refractivity contribution in [2.24, 2.45) is 5.92 Å². The fourth-order valence-electron chi connectivity index (χ4n) is 2.22. The molecule has 1 aromatic heterocycles. The van der Waals surface area contributed by atoms with Gasteiger partial charge in [0.2, 0.25) is 5.95 Å². The molecule has 1 heterocycles. The third-order valence-corrected chi connectivity index (χ3v) is 3.70. The van der Waals surface area contributed by atoms with Crippen LogP contribution in [0.2, 0.25) is 0 Å². The lowest BCUT2D eigenvalue weighted by Gasteiger charge is -2.17. The number of aryl methyl sites for hydroxylation is 1. The van der Waals surface area contributed by atoms with Crippen LogP contribution in [0.5, 0.6) is 0 Å². The summed E-state index contributed by atoms with van der Waals surface area (Å²) in [7, 11) is 0. The van der Waals surface area contributed by atoms with E-state index in [1.807, 2.05) is 6.92 Å². The molecule has 1 N–H and O–H groups in total. The van der Waals surface area contributed by atoms with Gasteiger partial charge in [-0.2, -0.15) is 0 Å². The number of nitrogens with one attached hydrogen (secondary N) is 1. The monoisotopic (exact) mass is 335 g/mol. The van der Waals surface area contributed by atoms with Crippen molar-refractivity contribution in [3.63, 3.8) is 0 Å². The van der Waals surface area contributed by atoms with E-state index in [4.69, 9.17) is 0 Å². The predicted octanol–water partition coefficient (Wildman–Crippen LogP) is 4.78. The molecule has 108 valence electrons. The van der Waals surface area contributed by atoms with E-state index in [9.17, 15) is 0 Å². The van der Waals surface area contributed by atoms with Crippen LogP contribution in [0.4, 0.5) is 5.95 Å². The molecule has 0 aliphatic heterocycles. The van der Waals surface area contributed by atoms with Gasteiger partial charge in [-0.1, -0.05) is 41.9 Å². The average Bonchev–Trinajstić information content (AvgIpc) is 2.69. The smallest absolute Gasteiger partial charge is 0.203 e. The minimum Gasteiger partial charge on any atom is -0.349 e. The maximum Gasteiger partial charge on any atom is 0.203 e. The molecule has 3 nitrogen and oxygen atoms in total. The number of benzene rings is 1. The Balaban J connectivity index is 2.14. The summed E-state index contributed by atoms with van der Waals surface area (Å²) in [4.78, 5) is 4.59. The fraction of sp³-hybridized carbons (Fsp3) is 0.438. The van der Waals surface area contributed by atoms with Gasteiger partial charge >= 0.3 is 0 Å². The Labute approximate surface area is 129 Å². The van der Waals surface area contributed by atoms with Gasteiger partial charge in [0.25, 0.3) is 0 Å². The standard InChI is InChI=1S/C16H22BrN3/c1-11(2)9-20-10-12(3)18-16(20)19-13(4)14-5-7-15(17)8-6-14/h5-8,10-11,13H,9H2,1-4H3,(H,18,19). The summed E-state index contributed by atoms with van der Waals surface area (Å²) in [5.41, 5.74) is 2.31. The van der Waals surface area contributed by atoms with Gasteiger partial charge in [-0.25, -0.2) is 4.98 Å². The van der Waals surface area contributed by atoms with E-state index in [0.717, 1.165) is 22.7 Å². The molecule has 2 aromatic rings. The zero-order chi connectivity index (χ0) is 14.7. The SMILES string of the molecule is Cc1cn(CC(C)C)c(NC(C)c2ccc(Br)cc2)n1. The third-order valence-electron chi connectivity index (χ3n) is 3.17. The maximum absolute atomic E-state index is 4.59. The molecule has 0 spiro atoms. The van der Waals surface area contributed by atoms with Crippen molar-refractivity contribution in [3.05, 3.63) is 46.2 Å². The van der Waals surface area contributed by atoms with Crippen molar-refractivity contribution in [1.29, 1.82) is 0 Å². The first kappa shape index (κ1) is 15.1. The Kier molecular flexibility index (Phi) is 4.86. The highest BCUT2D eigenvalue weighted by molar-refractivity contribution is 9.10. The Bertz CT molecular complexity index is 558. The average molecular weight is 336 g/mol. The number of hydrogen-bond acceptors (Lipinski definition) is 2. The molecule has 0 amide bonds. The van der Waals surface area contributed by atoms with Crippen molar-refractivity contribution >= 4 is 21.9 Å². The van der Waals surface area contributed by atoms with E-state index >= 15 is 0 Å². The van der Waals surface area contributed by atoms with Crippen molar-refractivity contribution in [3.8, 4) is 0 Å². The molecular weight excluding hydrogens is 314 g/mol. The first-order valence-corrected chi connectivity index (χ1v) is 7.80. The summed E-state index contributed by atoms with van der Waals surface area (Å²) in [5.74, 6) is 1.55. The van der Waals surface area contributed by atoms with Crippen molar-refractivity contribution in [1.82, 2.24) is 9.55 Å². The van der Waals surface area contributed by atoms with E-state index in [1.54, 1.807) is 0 Å². The van der Waals surface area contributed by atoms with Gasteiger partial charge in [-0.3, -0.25) is 0 Å². The van der Waals surface area contributed by atoms with Gasteiger partial charge in [0.05, 0.1) is 11.7 Å². The van der Waals surface area contributed by atoms with Crippen molar-refractivity contribution in [2.75, 3.05) is 5.32 Å². The summed E-state index contributed by atoms with van der Waals surface area (Å²) in [6.07, 6.45) is 2.11. The van der Waals surface area contributed by atoms with Crippen LogP contribution in [0.25, 0.3) is 0 Å². The highest BCUT2D eigenvalue weighted by atomic mass is 79.9. The second kappa shape index (κ2) is 6.44. The molecule has 0 bridgehead atoms. The number of imidazole rings is 1. The molecular formula is C16H22BrN3. The maximum atomic E-state index is 4.59. The third kappa shape index (κ3) is 3.85. The summed E-state index contributed by atoms with van der Waals surface area (Å²) in [6.45, 7) is 9.62. The number of hydrogen-bond donors (Lipinski definition) is 1. The van der Waals surface area contributed by atoms with E-state index in [0.29, 0.717) is 5.92 Å². The molecule has 0 aliphatic rings. The Hall–Kier alpha value is -1.29. The van der Waals surface area contributed by atoms with Gasteiger partial charge in [0.15, 0.2) is 0 Å². The zero-order valence-electron chi connectivity index (χ0n) is 12.5. The largest absolute Gasteiger partial charge is 0.349 e. The first-order valence-electron chi connectivity index (χ1n) is 7.01. The molecule has 0 fully saturated rings. The summed E-state index contributed by atoms with van der Waals surface area (Å²) < 4.78 is 3.31. The molecule has 0 saturated heterocycles. The summed E-state index contributed by atoms with van der Waals surface area (Å²) in [5, 5.41) is 3.51. The Morgan fingerprint density at radius 3 is 2.45 bits per heavy atom. The van der Waals surface area contributed by atoms with Crippen molar-refractivity contribution in [2.45, 2.75) is 40.3 Å². The molecule has 20 heavy (non-hydrogen) atoms. The normalized spacial score (nSPS) is 12.7. The number of halogens is 1. The number of anilines is 1. The highest BCUT2D eigenvalue weighted by Crippen LogP contribution is 2.21. The molecule has 0 aliphatic carbocycles. The highest BCUT2D eigenvalue weighted by Gasteiger charge is 2.11. The predicted molar refractivity (Wildman–Crippen MR) is 88.0 cm³/mol. The van der Waals surface area contributed by atoms with Crippen LogP contribution in [0, 0.1) is 12.8 Å². The number of rotatable bonds is 5. The first-order chi connectivity index (χ1) is 9.45. The van der Waals surface area contributed by atoms with E-state index < -0.39 is 0 Å². The minimum absolute atomic E-state index is 0.232. The minimum atomic E-state index is 0.232. The lowest BCUT2D eigenvalue weighted by molar-refractivity contribution is 0.524. The van der Waals surface area contributed by atoms with Crippen LogP contribution in [-0.2, 0) is 6.54 Å². The number of aromatic nitrogens is 2. The lowest BCUT2D eigenvalue weighted by atomic mass is 10.1. The Morgan fingerprint density at radius 2 is 1.85 bits per heavy atom. The number of nitrogens with zero attached hydrogens (tertiary/aromatic N) is 2. The van der Waals surface area contributed by atoms with E-state index in [1.165, 1.54) is 5.56 Å². The topological polar surface area (TPSA) is 29.9 Å². The molecule has 2 rings (SSSR count). The molecule has 0 saturated carbocycles. The molecule has 4 heteroatoms. The molecule has 0 radical (unpaired) electrons. The van der Waals surface area contributed by atoms with Gasteiger partial charge in [0, 0.05) is 17.2 Å². The summed E-state index contributed by atoms with van der Waals surface area (Å²) in [6, 6.07) is 8.63. The van der Waals surface area contributed by atoms with Crippen LogP contribution in [-0.4, -0.2) is 9.55 Å².